The Morgan fingerprint density at radius 1 is 1.32 bits per heavy atom. The Balaban J connectivity index is 1.77. The quantitative estimate of drug-likeness (QED) is 0.632. The summed E-state index contributed by atoms with van der Waals surface area (Å²) in [6.07, 6.45) is 4.33. The lowest BCUT2D eigenvalue weighted by molar-refractivity contribution is -0.383. The molecule has 28 heavy (non-hydrogen) atoms. The number of nitro groups is 1. The number of nitro benzene ring substituents is 1. The van der Waals surface area contributed by atoms with Crippen molar-refractivity contribution < 1.29 is 14.5 Å². The molecule has 150 valence electrons. The second-order valence-corrected chi connectivity index (χ2v) is 8.19. The first-order valence-electron chi connectivity index (χ1n) is 9.43. The third-order valence-corrected chi connectivity index (χ3v) is 4.88. The Morgan fingerprint density at radius 3 is 2.71 bits per heavy atom. The lowest BCUT2D eigenvalue weighted by Crippen LogP contribution is -2.49. The Hall–Kier alpha value is -2.90. The summed E-state index contributed by atoms with van der Waals surface area (Å²) in [5, 5.41) is 15.6. The van der Waals surface area contributed by atoms with Gasteiger partial charge in [0.15, 0.2) is 0 Å². The SMILES string of the molecule is CC1CC(NC(=O)OC(C)(C)C)CCN1c1ccc([N+](=O)[O-])c2cnccc12. The smallest absolute Gasteiger partial charge is 0.407 e. The number of nitrogens with one attached hydrogen (secondary N) is 1. The van der Waals surface area contributed by atoms with Crippen LogP contribution in [0.4, 0.5) is 16.2 Å². The van der Waals surface area contributed by atoms with Gasteiger partial charge in [-0.3, -0.25) is 15.1 Å². The van der Waals surface area contributed by atoms with E-state index >= 15 is 0 Å². The van der Waals surface area contributed by atoms with E-state index in [0.29, 0.717) is 5.39 Å². The minimum atomic E-state index is -0.526. The molecule has 1 aromatic heterocycles. The fraction of sp³-hybridized carbons (Fsp3) is 0.500. The number of hydrogen-bond donors (Lipinski definition) is 1. The number of anilines is 1. The summed E-state index contributed by atoms with van der Waals surface area (Å²) >= 11 is 0. The van der Waals surface area contributed by atoms with Crippen LogP contribution in [-0.2, 0) is 4.74 Å². The zero-order valence-corrected chi connectivity index (χ0v) is 16.6. The molecule has 2 unspecified atom stereocenters. The molecule has 8 heteroatoms. The summed E-state index contributed by atoms with van der Waals surface area (Å²) in [7, 11) is 0. The van der Waals surface area contributed by atoms with Gasteiger partial charge in [-0.1, -0.05) is 0 Å². The molecule has 1 aliphatic heterocycles. The lowest BCUT2D eigenvalue weighted by Gasteiger charge is -2.40. The molecule has 2 aromatic rings. The van der Waals surface area contributed by atoms with Crippen LogP contribution in [0.25, 0.3) is 10.8 Å². The Kier molecular flexibility index (Phi) is 5.40. The van der Waals surface area contributed by atoms with E-state index in [9.17, 15) is 14.9 Å². The van der Waals surface area contributed by atoms with Crippen LogP contribution < -0.4 is 10.2 Å². The number of benzene rings is 1. The maximum Gasteiger partial charge on any atom is 0.407 e. The number of pyridine rings is 1. The number of carbonyl (C=O) groups is 1. The number of ether oxygens (including phenoxy) is 1. The van der Waals surface area contributed by atoms with Crippen LogP contribution in [0.2, 0.25) is 0 Å². The summed E-state index contributed by atoms with van der Waals surface area (Å²) in [6, 6.07) is 5.35. The van der Waals surface area contributed by atoms with Crippen LogP contribution in [0.15, 0.2) is 30.6 Å². The average Bonchev–Trinajstić information content (AvgIpc) is 2.59. The number of aromatic nitrogens is 1. The molecule has 1 amide bonds. The average molecular weight is 386 g/mol. The van der Waals surface area contributed by atoms with Gasteiger partial charge in [0.25, 0.3) is 5.69 Å². The summed E-state index contributed by atoms with van der Waals surface area (Å²) in [4.78, 5) is 29.3. The van der Waals surface area contributed by atoms with E-state index in [1.54, 1.807) is 18.5 Å². The second kappa shape index (κ2) is 7.61. The van der Waals surface area contributed by atoms with E-state index in [1.165, 1.54) is 6.07 Å². The molecular formula is C20H26N4O4. The van der Waals surface area contributed by atoms with E-state index < -0.39 is 11.7 Å². The standard InChI is InChI=1S/C20H26N4O4/c1-13-11-14(22-19(25)28-20(2,3)4)8-10-23(13)17-5-6-18(24(26)27)16-12-21-9-7-15(16)17/h5-7,9,12-14H,8,10-11H2,1-4H3,(H,22,25). The van der Waals surface area contributed by atoms with Crippen LogP contribution in [0.5, 0.6) is 0 Å². The van der Waals surface area contributed by atoms with Gasteiger partial charge in [-0.15, -0.1) is 0 Å². The summed E-state index contributed by atoms with van der Waals surface area (Å²) < 4.78 is 5.35. The number of non-ortho nitro benzene ring substituents is 1. The number of amides is 1. The highest BCUT2D eigenvalue weighted by Crippen LogP contribution is 2.35. The lowest BCUT2D eigenvalue weighted by atomic mass is 9.96. The molecule has 8 nitrogen and oxygen atoms in total. The van der Waals surface area contributed by atoms with Crippen molar-refractivity contribution in [3.8, 4) is 0 Å². The molecule has 0 bridgehead atoms. The highest BCUT2D eigenvalue weighted by Gasteiger charge is 2.29. The predicted molar refractivity (Wildman–Crippen MR) is 108 cm³/mol. The van der Waals surface area contributed by atoms with Crippen LogP contribution in [-0.4, -0.2) is 40.2 Å². The first kappa shape index (κ1) is 19.9. The van der Waals surface area contributed by atoms with Crippen molar-refractivity contribution in [2.45, 2.75) is 58.2 Å². The van der Waals surface area contributed by atoms with Crippen molar-refractivity contribution in [2.24, 2.45) is 0 Å². The number of piperidine rings is 1. The third kappa shape index (κ3) is 4.32. The highest BCUT2D eigenvalue weighted by molar-refractivity contribution is 5.99. The number of fused-ring (bicyclic) bond motifs is 1. The van der Waals surface area contributed by atoms with Gasteiger partial charge in [0.05, 0.1) is 10.3 Å². The summed E-state index contributed by atoms with van der Waals surface area (Å²) in [5.41, 5.74) is 0.481. The molecule has 0 saturated carbocycles. The van der Waals surface area contributed by atoms with E-state index in [4.69, 9.17) is 4.74 Å². The second-order valence-electron chi connectivity index (χ2n) is 8.19. The maximum absolute atomic E-state index is 12.0. The van der Waals surface area contributed by atoms with E-state index in [1.807, 2.05) is 26.8 Å². The Labute approximate surface area is 164 Å². The Bertz CT molecular complexity index is 893. The number of rotatable bonds is 3. The van der Waals surface area contributed by atoms with Gasteiger partial charge >= 0.3 is 6.09 Å². The number of hydrogen-bond acceptors (Lipinski definition) is 6. The van der Waals surface area contributed by atoms with Crippen molar-refractivity contribution >= 4 is 28.2 Å². The summed E-state index contributed by atoms with van der Waals surface area (Å²) in [6.45, 7) is 8.35. The molecule has 1 aliphatic rings. The fourth-order valence-electron chi connectivity index (χ4n) is 3.70. The van der Waals surface area contributed by atoms with Gasteiger partial charge in [0, 0.05) is 48.2 Å². The molecular weight excluding hydrogens is 360 g/mol. The first-order valence-corrected chi connectivity index (χ1v) is 9.43. The normalized spacial score (nSPS) is 20.1. The van der Waals surface area contributed by atoms with Gasteiger partial charge in [-0.25, -0.2) is 4.79 Å². The summed E-state index contributed by atoms with van der Waals surface area (Å²) in [5.74, 6) is 0. The van der Waals surface area contributed by atoms with Gasteiger partial charge in [-0.05, 0) is 52.7 Å². The molecule has 0 radical (unpaired) electrons. The van der Waals surface area contributed by atoms with E-state index in [0.717, 1.165) is 30.5 Å². The molecule has 1 N–H and O–H groups in total. The van der Waals surface area contributed by atoms with Gasteiger partial charge < -0.3 is 15.0 Å². The monoisotopic (exact) mass is 386 g/mol. The zero-order valence-electron chi connectivity index (χ0n) is 16.6. The molecule has 1 fully saturated rings. The number of carbonyl (C=O) groups excluding carboxylic acids is 1. The molecule has 2 heterocycles. The van der Waals surface area contributed by atoms with Gasteiger partial charge in [0.1, 0.15) is 5.60 Å². The molecule has 1 aromatic carbocycles. The number of nitrogens with zero attached hydrogens (tertiary/aromatic N) is 3. The van der Waals surface area contributed by atoms with E-state index in [-0.39, 0.29) is 22.7 Å². The van der Waals surface area contributed by atoms with E-state index in [2.05, 4.69) is 22.1 Å². The minimum Gasteiger partial charge on any atom is -0.444 e. The largest absolute Gasteiger partial charge is 0.444 e. The van der Waals surface area contributed by atoms with Crippen molar-refractivity contribution in [3.05, 3.63) is 40.7 Å². The van der Waals surface area contributed by atoms with Crippen LogP contribution in [0.3, 0.4) is 0 Å². The molecule has 0 spiro atoms. The topological polar surface area (TPSA) is 97.6 Å². The van der Waals surface area contributed by atoms with Crippen LogP contribution in [0.1, 0.15) is 40.5 Å². The van der Waals surface area contributed by atoms with Crippen molar-refractivity contribution in [2.75, 3.05) is 11.4 Å². The van der Waals surface area contributed by atoms with Crippen LogP contribution >= 0.6 is 0 Å². The highest BCUT2D eigenvalue weighted by atomic mass is 16.6. The first-order chi connectivity index (χ1) is 13.2. The fourth-order valence-corrected chi connectivity index (χ4v) is 3.70. The predicted octanol–water partition coefficient (Wildman–Crippen LogP) is 4.03. The minimum absolute atomic E-state index is 0.0343. The van der Waals surface area contributed by atoms with Crippen LogP contribution in [0, 0.1) is 10.1 Å². The maximum atomic E-state index is 12.0. The number of alkyl carbamates (subject to hydrolysis) is 1. The third-order valence-electron chi connectivity index (χ3n) is 4.88. The van der Waals surface area contributed by atoms with Crippen molar-refractivity contribution in [3.63, 3.8) is 0 Å². The van der Waals surface area contributed by atoms with Gasteiger partial charge in [-0.2, -0.15) is 0 Å². The van der Waals surface area contributed by atoms with Crippen molar-refractivity contribution in [1.82, 2.24) is 10.3 Å². The molecule has 3 rings (SSSR count). The Morgan fingerprint density at radius 2 is 2.07 bits per heavy atom. The molecule has 1 saturated heterocycles. The molecule has 0 aliphatic carbocycles. The molecule has 2 atom stereocenters. The van der Waals surface area contributed by atoms with Crippen molar-refractivity contribution in [1.29, 1.82) is 0 Å². The van der Waals surface area contributed by atoms with Gasteiger partial charge in [0.2, 0.25) is 0 Å². The zero-order chi connectivity index (χ0) is 20.5.